The predicted molar refractivity (Wildman–Crippen MR) is 109 cm³/mol. The van der Waals surface area contributed by atoms with Crippen molar-refractivity contribution >= 4 is 0 Å². The van der Waals surface area contributed by atoms with Crippen molar-refractivity contribution in [3.63, 3.8) is 0 Å². The zero-order valence-electron chi connectivity index (χ0n) is 16.5. The van der Waals surface area contributed by atoms with Gasteiger partial charge in [-0.1, -0.05) is 36.4 Å². The maximum atomic E-state index is 12.4. The van der Waals surface area contributed by atoms with Crippen molar-refractivity contribution in [2.45, 2.75) is 63.1 Å². The second-order valence-corrected chi connectivity index (χ2v) is 8.43. The number of allylic oxidation sites excluding steroid dienone is 1. The van der Waals surface area contributed by atoms with Crippen molar-refractivity contribution in [3.8, 4) is 5.75 Å². The number of fused-ring (bicyclic) bond motifs is 1. The molecule has 0 spiro atoms. The van der Waals surface area contributed by atoms with Gasteiger partial charge in [0, 0.05) is 0 Å². The van der Waals surface area contributed by atoms with E-state index in [4.69, 9.17) is 0 Å². The molecule has 4 rings (SSSR count). The third-order valence-corrected chi connectivity index (χ3v) is 6.62. The number of benzene rings is 2. The van der Waals surface area contributed by atoms with E-state index in [9.17, 15) is 13.2 Å². The number of alkyl halides is 3. The summed E-state index contributed by atoms with van der Waals surface area (Å²) in [6.45, 7) is 3.92. The highest BCUT2D eigenvalue weighted by atomic mass is 19.4. The van der Waals surface area contributed by atoms with Gasteiger partial charge in [0.15, 0.2) is 0 Å². The molecule has 154 valence electrons. The second kappa shape index (κ2) is 8.25. The molecule has 2 aromatic carbocycles. The molecule has 1 fully saturated rings. The van der Waals surface area contributed by atoms with Gasteiger partial charge in [0.2, 0.25) is 0 Å². The molecule has 0 aliphatic heterocycles. The molecule has 0 bridgehead atoms. The topological polar surface area (TPSA) is 9.23 Å². The maximum absolute atomic E-state index is 12.4. The fourth-order valence-electron chi connectivity index (χ4n) is 4.94. The molecule has 4 heteroatoms. The summed E-state index contributed by atoms with van der Waals surface area (Å²) in [6.07, 6.45) is 4.98. The van der Waals surface area contributed by atoms with Crippen LogP contribution in [0.5, 0.6) is 5.75 Å². The molecule has 1 saturated carbocycles. The Morgan fingerprint density at radius 1 is 0.828 bits per heavy atom. The van der Waals surface area contributed by atoms with E-state index in [1.165, 1.54) is 42.9 Å². The van der Waals surface area contributed by atoms with E-state index in [1.54, 1.807) is 12.1 Å². The Balaban J connectivity index is 1.41. The molecular formula is C25H27F3O. The van der Waals surface area contributed by atoms with E-state index in [0.717, 1.165) is 30.4 Å². The number of hydrogen-bond donors (Lipinski definition) is 0. The highest BCUT2D eigenvalue weighted by Gasteiger charge is 2.31. The minimum atomic E-state index is -4.64. The maximum Gasteiger partial charge on any atom is 0.573 e. The minimum absolute atomic E-state index is 0.120. The van der Waals surface area contributed by atoms with Gasteiger partial charge >= 0.3 is 6.36 Å². The molecular weight excluding hydrogens is 373 g/mol. The van der Waals surface area contributed by atoms with Gasteiger partial charge in [0.1, 0.15) is 5.75 Å². The summed E-state index contributed by atoms with van der Waals surface area (Å²) >= 11 is 0. The highest BCUT2D eigenvalue weighted by molar-refractivity contribution is 5.40. The Bertz CT molecular complexity index is 845. The van der Waals surface area contributed by atoms with Gasteiger partial charge in [-0.15, -0.1) is 19.8 Å². The Morgan fingerprint density at radius 2 is 1.48 bits per heavy atom. The quantitative estimate of drug-likeness (QED) is 0.489. The molecule has 2 aliphatic carbocycles. The molecule has 1 unspecified atom stereocenters. The highest BCUT2D eigenvalue weighted by Crippen LogP contribution is 2.38. The first-order valence-corrected chi connectivity index (χ1v) is 10.5. The summed E-state index contributed by atoms with van der Waals surface area (Å²) in [7, 11) is 0. The van der Waals surface area contributed by atoms with Crippen molar-refractivity contribution in [2.75, 3.05) is 0 Å². The van der Waals surface area contributed by atoms with Gasteiger partial charge in [-0.2, -0.15) is 0 Å². The number of rotatable bonds is 4. The second-order valence-electron chi connectivity index (χ2n) is 8.43. The molecule has 29 heavy (non-hydrogen) atoms. The Hall–Kier alpha value is -2.23. The Labute approximate surface area is 170 Å². The monoisotopic (exact) mass is 400 g/mol. The first-order valence-electron chi connectivity index (χ1n) is 10.5. The summed E-state index contributed by atoms with van der Waals surface area (Å²) in [5, 5.41) is 0. The Kier molecular flexibility index (Phi) is 5.71. The first kappa shape index (κ1) is 20.1. The lowest BCUT2D eigenvalue weighted by Crippen LogP contribution is -2.18. The van der Waals surface area contributed by atoms with Crippen LogP contribution in [0.3, 0.4) is 0 Å². The molecule has 1 atom stereocenters. The van der Waals surface area contributed by atoms with Gasteiger partial charge in [0.05, 0.1) is 0 Å². The van der Waals surface area contributed by atoms with Crippen molar-refractivity contribution in [1.82, 2.24) is 0 Å². The van der Waals surface area contributed by atoms with Gasteiger partial charge in [-0.05, 0) is 97.1 Å². The zero-order chi connectivity index (χ0) is 20.4. The molecule has 2 aliphatic rings. The standard InChI is InChI=1S/C25H27F3O/c1-2-17-3-5-18(6-4-17)19-7-9-20(10-8-19)21-11-12-23-16-24(29-25(26,27)28)14-13-22(23)15-21/h2,7-10,13-14,16-18,21H,1,3-6,11-12,15H2. The van der Waals surface area contributed by atoms with Crippen LogP contribution in [0.1, 0.15) is 66.2 Å². The summed E-state index contributed by atoms with van der Waals surface area (Å²) < 4.78 is 41.4. The zero-order valence-corrected chi connectivity index (χ0v) is 16.5. The third kappa shape index (κ3) is 4.85. The fourth-order valence-corrected chi connectivity index (χ4v) is 4.94. The van der Waals surface area contributed by atoms with E-state index < -0.39 is 6.36 Å². The molecule has 0 aromatic heterocycles. The number of halogens is 3. The Morgan fingerprint density at radius 3 is 2.10 bits per heavy atom. The van der Waals surface area contributed by atoms with Crippen molar-refractivity contribution < 1.29 is 17.9 Å². The van der Waals surface area contributed by atoms with Crippen LogP contribution >= 0.6 is 0 Å². The third-order valence-electron chi connectivity index (χ3n) is 6.62. The van der Waals surface area contributed by atoms with Gasteiger partial charge in [0.25, 0.3) is 0 Å². The van der Waals surface area contributed by atoms with Gasteiger partial charge in [-0.25, -0.2) is 0 Å². The lowest BCUT2D eigenvalue weighted by molar-refractivity contribution is -0.274. The molecule has 0 N–H and O–H groups in total. The van der Waals surface area contributed by atoms with E-state index >= 15 is 0 Å². The molecule has 0 amide bonds. The normalized spacial score (nSPS) is 24.6. The van der Waals surface area contributed by atoms with E-state index in [1.807, 2.05) is 0 Å². The van der Waals surface area contributed by atoms with E-state index in [2.05, 4.69) is 41.7 Å². The van der Waals surface area contributed by atoms with Crippen LogP contribution in [-0.4, -0.2) is 6.36 Å². The van der Waals surface area contributed by atoms with Crippen LogP contribution in [0.4, 0.5) is 13.2 Å². The lowest BCUT2D eigenvalue weighted by atomic mass is 9.77. The largest absolute Gasteiger partial charge is 0.573 e. The molecule has 2 aromatic rings. The van der Waals surface area contributed by atoms with Crippen LogP contribution in [0, 0.1) is 5.92 Å². The van der Waals surface area contributed by atoms with Crippen molar-refractivity contribution in [2.24, 2.45) is 5.92 Å². The van der Waals surface area contributed by atoms with Crippen LogP contribution in [0.25, 0.3) is 0 Å². The molecule has 0 heterocycles. The first-order chi connectivity index (χ1) is 13.9. The lowest BCUT2D eigenvalue weighted by Gasteiger charge is -2.28. The number of hydrogen-bond acceptors (Lipinski definition) is 1. The van der Waals surface area contributed by atoms with Gasteiger partial charge in [-0.3, -0.25) is 0 Å². The molecule has 1 nitrogen and oxygen atoms in total. The van der Waals surface area contributed by atoms with E-state index in [-0.39, 0.29) is 5.75 Å². The van der Waals surface area contributed by atoms with Crippen LogP contribution in [-0.2, 0) is 12.8 Å². The summed E-state index contributed by atoms with van der Waals surface area (Å²) in [6, 6.07) is 13.8. The van der Waals surface area contributed by atoms with Gasteiger partial charge < -0.3 is 4.74 Å². The number of ether oxygens (including phenoxy) is 1. The summed E-state index contributed by atoms with van der Waals surface area (Å²) in [5.74, 6) is 1.63. The fraction of sp³-hybridized carbons (Fsp3) is 0.440. The average molecular weight is 400 g/mol. The SMILES string of the molecule is C=CC1CCC(c2ccc(C3CCc4cc(OC(F)(F)F)ccc4C3)cc2)CC1. The predicted octanol–water partition coefficient (Wildman–Crippen LogP) is 7.32. The minimum Gasteiger partial charge on any atom is -0.406 e. The molecule has 0 saturated heterocycles. The molecule has 0 radical (unpaired) electrons. The van der Waals surface area contributed by atoms with Crippen molar-refractivity contribution in [1.29, 1.82) is 0 Å². The van der Waals surface area contributed by atoms with Crippen LogP contribution in [0.2, 0.25) is 0 Å². The van der Waals surface area contributed by atoms with Crippen LogP contribution < -0.4 is 4.74 Å². The summed E-state index contributed by atoms with van der Waals surface area (Å²) in [5.41, 5.74) is 4.86. The van der Waals surface area contributed by atoms with E-state index in [0.29, 0.717) is 17.8 Å². The van der Waals surface area contributed by atoms with Crippen molar-refractivity contribution in [3.05, 3.63) is 77.4 Å². The average Bonchev–Trinajstić information content (AvgIpc) is 2.72. The smallest absolute Gasteiger partial charge is 0.406 e. The number of aryl methyl sites for hydroxylation is 1. The summed E-state index contributed by atoms with van der Waals surface area (Å²) in [4.78, 5) is 0. The van der Waals surface area contributed by atoms with Crippen LogP contribution in [0.15, 0.2) is 55.1 Å².